The Bertz CT molecular complexity index is 636. The summed E-state index contributed by atoms with van der Waals surface area (Å²) in [6.45, 7) is 6.24. The first-order valence-electron chi connectivity index (χ1n) is 8.91. The van der Waals surface area contributed by atoms with Crippen LogP contribution < -0.4 is 0 Å². The van der Waals surface area contributed by atoms with Gasteiger partial charge in [-0.05, 0) is 55.1 Å². The van der Waals surface area contributed by atoms with Gasteiger partial charge in [-0.25, -0.2) is 0 Å². The Balaban J connectivity index is 0.00000169. The molecule has 24 heavy (non-hydrogen) atoms. The molecule has 0 bridgehead atoms. The van der Waals surface area contributed by atoms with Crippen molar-refractivity contribution in [2.45, 2.75) is 41.9 Å². The van der Waals surface area contributed by atoms with E-state index in [0.29, 0.717) is 11.8 Å². The first kappa shape index (κ1) is 17.8. The van der Waals surface area contributed by atoms with Gasteiger partial charge in [0.2, 0.25) is 0 Å². The van der Waals surface area contributed by atoms with E-state index in [1.54, 1.807) is 0 Å². The van der Waals surface area contributed by atoms with Gasteiger partial charge in [0.25, 0.3) is 0 Å². The fourth-order valence-corrected chi connectivity index (χ4v) is 5.37. The van der Waals surface area contributed by atoms with Crippen LogP contribution in [0.3, 0.4) is 0 Å². The molecule has 2 heterocycles. The van der Waals surface area contributed by atoms with Gasteiger partial charge in [-0.3, -0.25) is 0 Å². The fraction of sp³-hybridized carbons (Fsp3) is 0.429. The Morgan fingerprint density at radius 3 is 2.04 bits per heavy atom. The van der Waals surface area contributed by atoms with Gasteiger partial charge in [0.05, 0.1) is 0 Å². The molecule has 0 aliphatic carbocycles. The number of halogens is 1. The van der Waals surface area contributed by atoms with Crippen molar-refractivity contribution in [3.05, 3.63) is 59.7 Å². The molecule has 1 saturated heterocycles. The molecule has 4 rings (SSSR count). The number of hydrogen-bond acceptors (Lipinski definition) is 2. The van der Waals surface area contributed by atoms with E-state index < -0.39 is 0 Å². The topological polar surface area (TPSA) is 3.24 Å². The zero-order valence-electron chi connectivity index (χ0n) is 14.3. The second kappa shape index (κ2) is 7.95. The third kappa shape index (κ3) is 3.51. The van der Waals surface area contributed by atoms with Crippen molar-refractivity contribution in [1.29, 1.82) is 0 Å². The fourth-order valence-electron chi connectivity index (χ4n) is 4.21. The molecular weight excluding hydrogens is 334 g/mol. The first-order valence-corrected chi connectivity index (χ1v) is 9.72. The highest BCUT2D eigenvalue weighted by Gasteiger charge is 2.30. The van der Waals surface area contributed by atoms with Gasteiger partial charge < -0.3 is 4.90 Å². The predicted octanol–water partition coefficient (Wildman–Crippen LogP) is 5.83. The Hall–Kier alpha value is -0.960. The summed E-state index contributed by atoms with van der Waals surface area (Å²) < 4.78 is 0. The van der Waals surface area contributed by atoms with Crippen LogP contribution in [0, 0.1) is 5.92 Å². The van der Waals surface area contributed by atoms with Crippen LogP contribution in [0.15, 0.2) is 58.3 Å². The van der Waals surface area contributed by atoms with Crippen LogP contribution in [-0.4, -0.2) is 24.5 Å². The number of likely N-dealkylation sites (tertiary alicyclic amines) is 1. The Morgan fingerprint density at radius 1 is 0.917 bits per heavy atom. The van der Waals surface area contributed by atoms with E-state index >= 15 is 0 Å². The SMILES string of the molecule is CC(CN1CCCCC1)C1c2ccccc2Sc2ccccc21.Cl. The first-order chi connectivity index (χ1) is 11.3. The number of rotatable bonds is 3. The molecule has 0 amide bonds. The van der Waals surface area contributed by atoms with Gasteiger partial charge >= 0.3 is 0 Å². The molecule has 2 aromatic carbocycles. The van der Waals surface area contributed by atoms with Crippen molar-refractivity contribution in [2.75, 3.05) is 19.6 Å². The maximum absolute atomic E-state index is 2.68. The molecule has 1 nitrogen and oxygen atoms in total. The lowest BCUT2D eigenvalue weighted by molar-refractivity contribution is 0.193. The minimum Gasteiger partial charge on any atom is -0.303 e. The van der Waals surface area contributed by atoms with Crippen LogP contribution in [0.1, 0.15) is 43.2 Å². The van der Waals surface area contributed by atoms with Crippen LogP contribution in [0.4, 0.5) is 0 Å². The molecule has 1 unspecified atom stereocenters. The van der Waals surface area contributed by atoms with E-state index in [-0.39, 0.29) is 12.4 Å². The van der Waals surface area contributed by atoms with Crippen LogP contribution in [0.2, 0.25) is 0 Å². The summed E-state index contributed by atoms with van der Waals surface area (Å²) in [6.07, 6.45) is 4.16. The smallest absolute Gasteiger partial charge is 0.0160 e. The van der Waals surface area contributed by atoms with Gasteiger partial charge in [0.1, 0.15) is 0 Å². The number of nitrogens with zero attached hydrogens (tertiary/aromatic N) is 1. The van der Waals surface area contributed by atoms with Crippen molar-refractivity contribution in [3.63, 3.8) is 0 Å². The van der Waals surface area contributed by atoms with E-state index in [1.165, 1.54) is 59.8 Å². The largest absolute Gasteiger partial charge is 0.303 e. The summed E-state index contributed by atoms with van der Waals surface area (Å²) in [4.78, 5) is 5.57. The average molecular weight is 360 g/mol. The van der Waals surface area contributed by atoms with E-state index in [1.807, 2.05) is 11.8 Å². The summed E-state index contributed by atoms with van der Waals surface area (Å²) in [6, 6.07) is 18.0. The standard InChI is InChI=1S/C21H25NS.ClH/c1-16(15-22-13-7-2-8-14-22)21-17-9-3-5-11-19(17)23-20-12-6-4-10-18(20)21;/h3-6,9-12,16,21H,2,7-8,13-15H2,1H3;1H. The summed E-state index contributed by atoms with van der Waals surface area (Å²) in [5.41, 5.74) is 3.06. The summed E-state index contributed by atoms with van der Waals surface area (Å²) in [5, 5.41) is 0. The second-order valence-corrected chi connectivity index (χ2v) is 8.08. The predicted molar refractivity (Wildman–Crippen MR) is 106 cm³/mol. The lowest BCUT2D eigenvalue weighted by Crippen LogP contribution is -2.35. The van der Waals surface area contributed by atoms with Crippen LogP contribution in [0.5, 0.6) is 0 Å². The molecule has 2 aliphatic rings. The van der Waals surface area contributed by atoms with Crippen molar-refractivity contribution in [2.24, 2.45) is 5.92 Å². The second-order valence-electron chi connectivity index (χ2n) is 6.99. The van der Waals surface area contributed by atoms with Crippen molar-refractivity contribution in [1.82, 2.24) is 4.90 Å². The molecular formula is C21H26ClNS. The third-order valence-corrected chi connectivity index (χ3v) is 6.48. The molecule has 128 valence electrons. The van der Waals surface area contributed by atoms with Gasteiger partial charge in [-0.1, -0.05) is 61.5 Å². The van der Waals surface area contributed by atoms with Gasteiger partial charge in [0, 0.05) is 22.3 Å². The maximum atomic E-state index is 2.68. The molecule has 1 atom stereocenters. The molecule has 1 fully saturated rings. The molecule has 2 aliphatic heterocycles. The van der Waals surface area contributed by atoms with E-state index in [9.17, 15) is 0 Å². The lowest BCUT2D eigenvalue weighted by Gasteiger charge is -2.36. The van der Waals surface area contributed by atoms with Crippen LogP contribution >= 0.6 is 24.2 Å². The number of fused-ring (bicyclic) bond motifs is 2. The minimum atomic E-state index is 0. The number of piperidine rings is 1. The Kier molecular flexibility index (Phi) is 5.91. The van der Waals surface area contributed by atoms with Gasteiger partial charge in [0.15, 0.2) is 0 Å². The zero-order valence-corrected chi connectivity index (χ0v) is 15.9. The van der Waals surface area contributed by atoms with Crippen molar-refractivity contribution >= 4 is 24.2 Å². The quantitative estimate of drug-likeness (QED) is 0.678. The third-order valence-electron chi connectivity index (χ3n) is 5.29. The number of benzene rings is 2. The Morgan fingerprint density at radius 2 is 1.46 bits per heavy atom. The highest BCUT2D eigenvalue weighted by atomic mass is 35.5. The Labute approximate surface area is 156 Å². The average Bonchev–Trinajstić information content (AvgIpc) is 2.60. The molecule has 0 aromatic heterocycles. The van der Waals surface area contributed by atoms with Gasteiger partial charge in [-0.15, -0.1) is 12.4 Å². The summed E-state index contributed by atoms with van der Waals surface area (Å²) in [5.74, 6) is 1.18. The summed E-state index contributed by atoms with van der Waals surface area (Å²) in [7, 11) is 0. The molecule has 0 N–H and O–H groups in total. The maximum Gasteiger partial charge on any atom is 0.0160 e. The highest BCUT2D eigenvalue weighted by Crippen LogP contribution is 2.48. The lowest BCUT2D eigenvalue weighted by atomic mass is 9.80. The zero-order chi connectivity index (χ0) is 15.6. The molecule has 0 saturated carbocycles. The summed E-state index contributed by atoms with van der Waals surface area (Å²) >= 11 is 1.94. The normalized spacial score (nSPS) is 19.0. The van der Waals surface area contributed by atoms with E-state index in [4.69, 9.17) is 0 Å². The van der Waals surface area contributed by atoms with Crippen molar-refractivity contribution in [3.8, 4) is 0 Å². The van der Waals surface area contributed by atoms with E-state index in [0.717, 1.165) is 0 Å². The number of hydrogen-bond donors (Lipinski definition) is 0. The highest BCUT2D eigenvalue weighted by molar-refractivity contribution is 7.99. The van der Waals surface area contributed by atoms with Crippen LogP contribution in [-0.2, 0) is 0 Å². The van der Waals surface area contributed by atoms with Gasteiger partial charge in [-0.2, -0.15) is 0 Å². The monoisotopic (exact) mass is 359 g/mol. The van der Waals surface area contributed by atoms with Crippen LogP contribution in [0.25, 0.3) is 0 Å². The molecule has 3 heteroatoms. The molecule has 2 aromatic rings. The minimum absolute atomic E-state index is 0. The van der Waals surface area contributed by atoms with Crippen molar-refractivity contribution < 1.29 is 0 Å². The van der Waals surface area contributed by atoms with E-state index in [2.05, 4.69) is 60.4 Å². The molecule has 0 radical (unpaired) electrons. The molecule has 0 spiro atoms.